The first-order chi connectivity index (χ1) is 6.97. The first-order valence-electron chi connectivity index (χ1n) is 3.55. The largest absolute Gasteiger partial charge is 0.334 e. The summed E-state index contributed by atoms with van der Waals surface area (Å²) in [5, 5.41) is 10.3. The standard InChI is InChI=1S/C7H3F3N2O3/c8-6(9)4-1-3(2-13)5(12(14)15)7(10)11-4/h1-2,6H. The first-order valence-corrected chi connectivity index (χ1v) is 3.55. The van der Waals surface area contributed by atoms with E-state index < -0.39 is 34.2 Å². The number of hydrogen-bond acceptors (Lipinski definition) is 4. The number of nitrogens with zero attached hydrogens (tertiary/aromatic N) is 2. The molecule has 0 aliphatic carbocycles. The molecule has 1 aromatic heterocycles. The maximum absolute atomic E-state index is 12.9. The highest BCUT2D eigenvalue weighted by Gasteiger charge is 2.25. The Morgan fingerprint density at radius 1 is 1.53 bits per heavy atom. The molecule has 0 saturated carbocycles. The van der Waals surface area contributed by atoms with Crippen LogP contribution in [0, 0.1) is 16.1 Å². The summed E-state index contributed by atoms with van der Waals surface area (Å²) in [6.45, 7) is 0. The summed E-state index contributed by atoms with van der Waals surface area (Å²) in [6.07, 6.45) is -3.17. The summed E-state index contributed by atoms with van der Waals surface area (Å²) in [5.74, 6) is -1.69. The lowest BCUT2D eigenvalue weighted by atomic mass is 10.2. The lowest BCUT2D eigenvalue weighted by Gasteiger charge is -2.01. The van der Waals surface area contributed by atoms with Crippen molar-refractivity contribution >= 4 is 12.0 Å². The molecule has 80 valence electrons. The lowest BCUT2D eigenvalue weighted by Crippen LogP contribution is -2.04. The Hall–Kier alpha value is -1.99. The van der Waals surface area contributed by atoms with E-state index in [9.17, 15) is 28.1 Å². The van der Waals surface area contributed by atoms with E-state index in [1.807, 2.05) is 0 Å². The summed E-state index contributed by atoms with van der Waals surface area (Å²) in [5.41, 5.74) is -2.97. The number of halogens is 3. The van der Waals surface area contributed by atoms with Crippen molar-refractivity contribution in [1.82, 2.24) is 4.98 Å². The van der Waals surface area contributed by atoms with Gasteiger partial charge in [-0.1, -0.05) is 0 Å². The number of aromatic nitrogens is 1. The fourth-order valence-corrected chi connectivity index (χ4v) is 0.928. The van der Waals surface area contributed by atoms with Gasteiger partial charge < -0.3 is 0 Å². The van der Waals surface area contributed by atoms with E-state index in [-0.39, 0.29) is 6.29 Å². The molecule has 0 unspecified atom stereocenters. The minimum absolute atomic E-state index is 0.0746. The van der Waals surface area contributed by atoms with Crippen molar-refractivity contribution in [1.29, 1.82) is 0 Å². The third kappa shape index (κ3) is 2.09. The van der Waals surface area contributed by atoms with Crippen LogP contribution >= 0.6 is 0 Å². The van der Waals surface area contributed by atoms with Crippen molar-refractivity contribution in [2.24, 2.45) is 0 Å². The highest BCUT2D eigenvalue weighted by molar-refractivity contribution is 5.81. The molecule has 0 radical (unpaired) electrons. The van der Waals surface area contributed by atoms with Crippen molar-refractivity contribution in [3.05, 3.63) is 33.4 Å². The third-order valence-electron chi connectivity index (χ3n) is 1.53. The van der Waals surface area contributed by atoms with E-state index in [2.05, 4.69) is 4.98 Å². The fraction of sp³-hybridized carbons (Fsp3) is 0.143. The number of hydrogen-bond donors (Lipinski definition) is 0. The molecule has 0 N–H and O–H groups in total. The molecule has 15 heavy (non-hydrogen) atoms. The maximum atomic E-state index is 12.9. The van der Waals surface area contributed by atoms with E-state index in [1.54, 1.807) is 0 Å². The molecule has 1 rings (SSSR count). The second-order valence-corrected chi connectivity index (χ2v) is 2.45. The van der Waals surface area contributed by atoms with E-state index >= 15 is 0 Å². The summed E-state index contributed by atoms with van der Waals surface area (Å²) in [7, 11) is 0. The Bertz CT molecular complexity index is 422. The second-order valence-electron chi connectivity index (χ2n) is 2.45. The molecule has 0 aromatic carbocycles. The molecule has 8 heteroatoms. The summed E-state index contributed by atoms with van der Waals surface area (Å²) >= 11 is 0. The molecular formula is C7H3F3N2O3. The van der Waals surface area contributed by atoms with Gasteiger partial charge in [0.05, 0.1) is 10.5 Å². The second kappa shape index (κ2) is 4.03. The van der Waals surface area contributed by atoms with Crippen LogP contribution in [0.25, 0.3) is 0 Å². The number of nitro groups is 1. The average Bonchev–Trinajstić information content (AvgIpc) is 2.15. The van der Waals surface area contributed by atoms with Gasteiger partial charge in [-0.2, -0.15) is 4.39 Å². The Kier molecular flexibility index (Phi) is 2.98. The van der Waals surface area contributed by atoms with Crippen molar-refractivity contribution in [2.45, 2.75) is 6.43 Å². The number of rotatable bonds is 3. The summed E-state index contributed by atoms with van der Waals surface area (Å²) in [6, 6.07) is 0.485. The zero-order chi connectivity index (χ0) is 11.6. The minimum atomic E-state index is -3.10. The topological polar surface area (TPSA) is 73.1 Å². The molecule has 0 spiro atoms. The predicted octanol–water partition coefficient (Wildman–Crippen LogP) is 1.88. The van der Waals surface area contributed by atoms with Crippen molar-refractivity contribution in [3.8, 4) is 0 Å². The Balaban J connectivity index is 3.44. The maximum Gasteiger partial charge on any atom is 0.334 e. The normalized spacial score (nSPS) is 10.4. The Labute approximate surface area is 80.7 Å². The molecule has 0 atom stereocenters. The van der Waals surface area contributed by atoms with Crippen LogP contribution in [-0.2, 0) is 0 Å². The van der Waals surface area contributed by atoms with Crippen LogP contribution in [0.3, 0.4) is 0 Å². The molecule has 1 heterocycles. The third-order valence-corrected chi connectivity index (χ3v) is 1.53. The first kappa shape index (κ1) is 11.1. The lowest BCUT2D eigenvalue weighted by molar-refractivity contribution is -0.388. The number of carbonyl (C=O) groups is 1. The van der Waals surface area contributed by atoms with Gasteiger partial charge in [0, 0.05) is 0 Å². The van der Waals surface area contributed by atoms with Crippen LogP contribution in [0.4, 0.5) is 18.9 Å². The predicted molar refractivity (Wildman–Crippen MR) is 41.2 cm³/mol. The molecule has 0 aliphatic heterocycles. The zero-order valence-corrected chi connectivity index (χ0v) is 6.99. The molecule has 1 aromatic rings. The highest BCUT2D eigenvalue weighted by atomic mass is 19.3. The van der Waals surface area contributed by atoms with E-state index in [0.717, 1.165) is 0 Å². The number of alkyl halides is 2. The SMILES string of the molecule is O=Cc1cc(C(F)F)nc(F)c1[N+](=O)[O-]. The molecular weight excluding hydrogens is 217 g/mol. The van der Waals surface area contributed by atoms with E-state index in [4.69, 9.17) is 0 Å². The van der Waals surface area contributed by atoms with Gasteiger partial charge in [-0.25, -0.2) is 13.8 Å². The van der Waals surface area contributed by atoms with Gasteiger partial charge in [0.15, 0.2) is 6.29 Å². The summed E-state index contributed by atoms with van der Waals surface area (Å²) in [4.78, 5) is 22.1. The van der Waals surface area contributed by atoms with Crippen LogP contribution < -0.4 is 0 Å². The van der Waals surface area contributed by atoms with E-state index in [1.165, 1.54) is 0 Å². The molecule has 0 amide bonds. The average molecular weight is 220 g/mol. The number of pyridine rings is 1. The minimum Gasteiger partial charge on any atom is -0.298 e. The zero-order valence-electron chi connectivity index (χ0n) is 6.99. The smallest absolute Gasteiger partial charge is 0.298 e. The molecule has 0 bridgehead atoms. The molecule has 0 saturated heterocycles. The van der Waals surface area contributed by atoms with Crippen LogP contribution in [0.15, 0.2) is 6.07 Å². The van der Waals surface area contributed by atoms with Gasteiger partial charge in [0.1, 0.15) is 5.69 Å². The molecule has 5 nitrogen and oxygen atoms in total. The summed E-state index contributed by atoms with van der Waals surface area (Å²) < 4.78 is 37.0. The number of aldehydes is 1. The van der Waals surface area contributed by atoms with Crippen LogP contribution in [0.2, 0.25) is 0 Å². The van der Waals surface area contributed by atoms with E-state index in [0.29, 0.717) is 6.07 Å². The Morgan fingerprint density at radius 3 is 2.53 bits per heavy atom. The molecule has 0 aliphatic rings. The number of carbonyl (C=O) groups excluding carboxylic acids is 1. The van der Waals surface area contributed by atoms with Crippen LogP contribution in [0.5, 0.6) is 0 Å². The van der Waals surface area contributed by atoms with Crippen LogP contribution in [-0.4, -0.2) is 16.2 Å². The van der Waals surface area contributed by atoms with Gasteiger partial charge in [-0.3, -0.25) is 14.9 Å². The van der Waals surface area contributed by atoms with Gasteiger partial charge >= 0.3 is 5.69 Å². The van der Waals surface area contributed by atoms with Crippen molar-refractivity contribution in [3.63, 3.8) is 0 Å². The molecule has 0 fully saturated rings. The van der Waals surface area contributed by atoms with Gasteiger partial charge in [0.25, 0.3) is 12.4 Å². The van der Waals surface area contributed by atoms with Crippen molar-refractivity contribution in [2.75, 3.05) is 0 Å². The van der Waals surface area contributed by atoms with Gasteiger partial charge in [0.2, 0.25) is 0 Å². The fourth-order valence-electron chi connectivity index (χ4n) is 0.928. The van der Waals surface area contributed by atoms with Crippen molar-refractivity contribution < 1.29 is 22.9 Å². The highest BCUT2D eigenvalue weighted by Crippen LogP contribution is 2.25. The monoisotopic (exact) mass is 220 g/mol. The van der Waals surface area contributed by atoms with Gasteiger partial charge in [-0.15, -0.1) is 0 Å². The quantitative estimate of drug-likeness (QED) is 0.337. The van der Waals surface area contributed by atoms with Crippen LogP contribution in [0.1, 0.15) is 22.5 Å². The van der Waals surface area contributed by atoms with Gasteiger partial charge in [-0.05, 0) is 6.07 Å². The Morgan fingerprint density at radius 2 is 2.13 bits per heavy atom.